The third-order valence-corrected chi connectivity index (χ3v) is 12.5. The van der Waals surface area contributed by atoms with E-state index in [1.807, 2.05) is 0 Å². The van der Waals surface area contributed by atoms with Gasteiger partial charge in [-0.1, -0.05) is 54.9 Å². The van der Waals surface area contributed by atoms with Crippen LogP contribution in [0.3, 0.4) is 0 Å². The van der Waals surface area contributed by atoms with Crippen molar-refractivity contribution < 1.29 is 23.9 Å². The Bertz CT molecular complexity index is 938. The van der Waals surface area contributed by atoms with Crippen molar-refractivity contribution in [3.63, 3.8) is 0 Å². The van der Waals surface area contributed by atoms with Gasteiger partial charge in [0.2, 0.25) is 0 Å². The zero-order valence-electron chi connectivity index (χ0n) is 25.7. The number of Topliss-reactive ketones (excluding diaryl/α,β-unsaturated/α-hetero) is 1. The maximum absolute atomic E-state index is 13.6. The summed E-state index contributed by atoms with van der Waals surface area (Å²) in [6, 6.07) is 0. The van der Waals surface area contributed by atoms with Crippen molar-refractivity contribution in [3.05, 3.63) is 0 Å². The van der Waals surface area contributed by atoms with Crippen LogP contribution in [0.5, 0.6) is 0 Å². The van der Waals surface area contributed by atoms with Crippen molar-refractivity contribution >= 4 is 17.7 Å². The molecule has 4 rings (SSSR count). The molecule has 4 fully saturated rings. The molecule has 0 N–H and O–H groups in total. The highest BCUT2D eigenvalue weighted by molar-refractivity contribution is 5.82. The van der Waals surface area contributed by atoms with Crippen molar-refractivity contribution in [2.24, 2.45) is 51.2 Å². The molecule has 216 valence electrons. The largest absolute Gasteiger partial charge is 0.462 e. The van der Waals surface area contributed by atoms with Gasteiger partial charge in [-0.2, -0.15) is 0 Å². The summed E-state index contributed by atoms with van der Waals surface area (Å²) in [6.07, 6.45) is 9.33. The van der Waals surface area contributed by atoms with E-state index in [-0.39, 0.29) is 57.6 Å². The van der Waals surface area contributed by atoms with Crippen LogP contribution in [-0.4, -0.2) is 29.9 Å². The lowest BCUT2D eigenvalue weighted by molar-refractivity contribution is -0.247. The fraction of sp³-hybridized carbons (Fsp3) is 0.909. The second-order valence-electron chi connectivity index (χ2n) is 15.2. The van der Waals surface area contributed by atoms with Crippen LogP contribution in [0.1, 0.15) is 127 Å². The lowest BCUT2D eigenvalue weighted by Gasteiger charge is -2.70. The van der Waals surface area contributed by atoms with Crippen LogP contribution < -0.4 is 0 Å². The summed E-state index contributed by atoms with van der Waals surface area (Å²) >= 11 is 0. The molecular weight excluding hydrogens is 476 g/mol. The summed E-state index contributed by atoms with van der Waals surface area (Å²) < 4.78 is 12.0. The van der Waals surface area contributed by atoms with E-state index >= 15 is 0 Å². The zero-order valence-corrected chi connectivity index (χ0v) is 25.7. The van der Waals surface area contributed by atoms with E-state index in [0.717, 1.165) is 57.8 Å². The Morgan fingerprint density at radius 1 is 0.816 bits per heavy atom. The summed E-state index contributed by atoms with van der Waals surface area (Å²) in [5.74, 6) is 1.50. The minimum atomic E-state index is -0.227. The molecule has 5 heteroatoms. The molecule has 0 aromatic carbocycles. The molecule has 38 heavy (non-hydrogen) atoms. The predicted molar refractivity (Wildman–Crippen MR) is 149 cm³/mol. The first kappa shape index (κ1) is 29.6. The normalized spacial score (nSPS) is 43.5. The van der Waals surface area contributed by atoms with E-state index in [1.165, 1.54) is 13.8 Å². The van der Waals surface area contributed by atoms with Gasteiger partial charge in [-0.3, -0.25) is 14.4 Å². The number of ketones is 1. The van der Waals surface area contributed by atoms with E-state index in [9.17, 15) is 14.4 Å². The molecule has 0 bridgehead atoms. The van der Waals surface area contributed by atoms with Gasteiger partial charge in [0.25, 0.3) is 0 Å². The average Bonchev–Trinajstić information content (AvgIpc) is 3.16. The van der Waals surface area contributed by atoms with Crippen LogP contribution >= 0.6 is 0 Å². The number of hydrogen-bond acceptors (Lipinski definition) is 5. The van der Waals surface area contributed by atoms with Gasteiger partial charge in [0, 0.05) is 37.5 Å². The van der Waals surface area contributed by atoms with Crippen molar-refractivity contribution in [1.29, 1.82) is 0 Å². The Kier molecular flexibility index (Phi) is 7.96. The van der Waals surface area contributed by atoms with Crippen molar-refractivity contribution in [2.45, 2.75) is 139 Å². The summed E-state index contributed by atoms with van der Waals surface area (Å²) in [7, 11) is 0. The number of fused-ring (bicyclic) bond motifs is 5. The topological polar surface area (TPSA) is 69.7 Å². The quantitative estimate of drug-likeness (QED) is 0.318. The summed E-state index contributed by atoms with van der Waals surface area (Å²) in [5.41, 5.74) is -0.00565. The van der Waals surface area contributed by atoms with E-state index in [4.69, 9.17) is 9.47 Å². The number of rotatable bonds is 7. The van der Waals surface area contributed by atoms with Crippen molar-refractivity contribution in [2.75, 3.05) is 0 Å². The number of carbonyl (C=O) groups excluding carboxylic acids is 3. The van der Waals surface area contributed by atoms with Gasteiger partial charge in [-0.15, -0.1) is 0 Å². The molecule has 4 aliphatic carbocycles. The number of carbonyl (C=O) groups is 3. The van der Waals surface area contributed by atoms with Gasteiger partial charge in [0.15, 0.2) is 0 Å². The molecule has 0 radical (unpaired) electrons. The van der Waals surface area contributed by atoms with E-state index in [2.05, 4.69) is 48.5 Å². The molecule has 0 heterocycles. The fourth-order valence-corrected chi connectivity index (χ4v) is 10.7. The third kappa shape index (κ3) is 4.66. The van der Waals surface area contributed by atoms with Crippen LogP contribution in [0.25, 0.3) is 0 Å². The highest BCUT2D eigenvalue weighted by Gasteiger charge is 2.71. The first-order valence-corrected chi connectivity index (χ1v) is 15.4. The highest BCUT2D eigenvalue weighted by atomic mass is 16.5. The maximum Gasteiger partial charge on any atom is 0.302 e. The summed E-state index contributed by atoms with van der Waals surface area (Å²) in [5, 5.41) is 0. The Hall–Kier alpha value is -1.39. The lowest BCUT2D eigenvalue weighted by atomic mass is 9.35. The second-order valence-corrected chi connectivity index (χ2v) is 15.2. The van der Waals surface area contributed by atoms with Crippen molar-refractivity contribution in [1.82, 2.24) is 0 Å². The third-order valence-electron chi connectivity index (χ3n) is 12.5. The SMILES string of the molecule is CC(=O)O[C@H]1CC[C@@]2(C)C(CC[C@]3(C)C2C[C@@H](OC(C)=O)C2[C@@H](C(=O)CCCC(C)C)CC[C@]23C)C1(C)C. The van der Waals surface area contributed by atoms with Crippen LogP contribution in [0.15, 0.2) is 0 Å². The van der Waals surface area contributed by atoms with Gasteiger partial charge in [0.05, 0.1) is 0 Å². The molecule has 0 aromatic heterocycles. The smallest absolute Gasteiger partial charge is 0.302 e. The number of ether oxygens (including phenoxy) is 2. The Labute approximate surface area is 231 Å². The molecule has 3 unspecified atom stereocenters. The molecule has 0 spiro atoms. The molecule has 0 aromatic rings. The van der Waals surface area contributed by atoms with Gasteiger partial charge in [-0.05, 0) is 85.4 Å². The lowest BCUT2D eigenvalue weighted by Crippen LogP contribution is -2.66. The molecular formula is C33H54O5. The van der Waals surface area contributed by atoms with E-state index < -0.39 is 0 Å². The Balaban J connectivity index is 1.68. The first-order valence-electron chi connectivity index (χ1n) is 15.4. The van der Waals surface area contributed by atoms with E-state index in [1.54, 1.807) is 0 Å². The molecule has 5 nitrogen and oxygen atoms in total. The average molecular weight is 531 g/mol. The maximum atomic E-state index is 13.6. The number of esters is 2. The molecule has 0 saturated heterocycles. The van der Waals surface area contributed by atoms with Gasteiger partial charge >= 0.3 is 11.9 Å². The predicted octanol–water partition coefficient (Wildman–Crippen LogP) is 7.54. The minimum Gasteiger partial charge on any atom is -0.462 e. The molecule has 4 saturated carbocycles. The second kappa shape index (κ2) is 10.2. The zero-order chi connectivity index (χ0) is 28.3. The van der Waals surface area contributed by atoms with Crippen LogP contribution in [0.2, 0.25) is 0 Å². The van der Waals surface area contributed by atoms with Crippen LogP contribution in [0.4, 0.5) is 0 Å². The fourth-order valence-electron chi connectivity index (χ4n) is 10.7. The molecule has 4 aliphatic rings. The van der Waals surface area contributed by atoms with Crippen LogP contribution in [0, 0.1) is 51.2 Å². The monoisotopic (exact) mass is 530 g/mol. The molecule has 0 aliphatic heterocycles. The van der Waals surface area contributed by atoms with Gasteiger partial charge in [-0.25, -0.2) is 0 Å². The van der Waals surface area contributed by atoms with Crippen molar-refractivity contribution in [3.8, 4) is 0 Å². The standard InChI is InChI=1S/C33H54O5/c1-20(2)11-10-12-24(36)23-13-17-33(9)29(23)25(37-21(3)34)19-27-31(7)16-15-28(38-22(4)35)30(5,6)26(31)14-18-32(27,33)8/h20,23,25-29H,10-19H2,1-9H3/t23-,25-,26?,27?,28+,29?,31+,32-,33-/m1/s1. The Morgan fingerprint density at radius 3 is 2.05 bits per heavy atom. The molecule has 0 amide bonds. The van der Waals surface area contributed by atoms with Gasteiger partial charge in [0.1, 0.15) is 18.0 Å². The summed E-state index contributed by atoms with van der Waals surface area (Å²) in [6.45, 7) is 19.5. The van der Waals surface area contributed by atoms with Crippen LogP contribution in [-0.2, 0) is 23.9 Å². The van der Waals surface area contributed by atoms with E-state index in [0.29, 0.717) is 30.0 Å². The minimum absolute atomic E-state index is 0.00374. The number of hydrogen-bond donors (Lipinski definition) is 0. The highest BCUT2D eigenvalue weighted by Crippen LogP contribution is 2.75. The Morgan fingerprint density at radius 2 is 1.45 bits per heavy atom. The first-order chi connectivity index (χ1) is 17.6. The van der Waals surface area contributed by atoms with Gasteiger partial charge < -0.3 is 9.47 Å². The molecule has 9 atom stereocenters. The summed E-state index contributed by atoms with van der Waals surface area (Å²) in [4.78, 5) is 38.0.